The van der Waals surface area contributed by atoms with E-state index in [9.17, 15) is 0 Å². The highest BCUT2D eigenvalue weighted by molar-refractivity contribution is 5.71. The Kier molecular flexibility index (Phi) is 5.09. The van der Waals surface area contributed by atoms with E-state index in [2.05, 4.69) is 66.4 Å². The van der Waals surface area contributed by atoms with Crippen LogP contribution >= 0.6 is 0 Å². The molecule has 1 aromatic heterocycles. The van der Waals surface area contributed by atoms with Crippen LogP contribution < -0.4 is 9.47 Å². The number of aromatic nitrogens is 2. The summed E-state index contributed by atoms with van der Waals surface area (Å²) >= 11 is 0. The maximum atomic E-state index is 6.11. The molecule has 2 aromatic carbocycles. The molecule has 0 radical (unpaired) electrons. The zero-order valence-electron chi connectivity index (χ0n) is 17.0. The van der Waals surface area contributed by atoms with Crippen LogP contribution in [0.25, 0.3) is 11.1 Å². The first kappa shape index (κ1) is 18.6. The van der Waals surface area contributed by atoms with Crippen molar-refractivity contribution >= 4 is 0 Å². The minimum atomic E-state index is 0.645. The molecule has 1 aliphatic heterocycles. The van der Waals surface area contributed by atoms with Crippen molar-refractivity contribution in [3.63, 3.8) is 0 Å². The number of nitrogens with zero attached hydrogens (tertiary/aromatic N) is 3. The van der Waals surface area contributed by atoms with Gasteiger partial charge in [0.2, 0.25) is 0 Å². The molecule has 0 saturated carbocycles. The summed E-state index contributed by atoms with van der Waals surface area (Å²) < 4.78 is 13.7. The fourth-order valence-electron chi connectivity index (χ4n) is 3.92. The predicted molar refractivity (Wildman–Crippen MR) is 111 cm³/mol. The van der Waals surface area contributed by atoms with Crippen LogP contribution in [0, 0.1) is 13.8 Å². The average molecular weight is 377 g/mol. The second kappa shape index (κ2) is 7.68. The number of benzene rings is 2. The predicted octanol–water partition coefficient (Wildman–Crippen LogP) is 4.11. The van der Waals surface area contributed by atoms with E-state index in [-0.39, 0.29) is 0 Å². The molecule has 28 heavy (non-hydrogen) atoms. The molecule has 3 aromatic rings. The van der Waals surface area contributed by atoms with Gasteiger partial charge in [0.15, 0.2) is 11.5 Å². The molecular weight excluding hydrogens is 350 g/mol. The van der Waals surface area contributed by atoms with E-state index in [1.807, 2.05) is 11.7 Å². The first-order valence-corrected chi connectivity index (χ1v) is 9.66. The Hall–Kier alpha value is -2.79. The number of aryl methyl sites for hydroxylation is 3. The highest BCUT2D eigenvalue weighted by Crippen LogP contribution is 2.39. The summed E-state index contributed by atoms with van der Waals surface area (Å²) in [5, 5.41) is 4.47. The van der Waals surface area contributed by atoms with Crippen LogP contribution in [0.3, 0.4) is 0 Å². The summed E-state index contributed by atoms with van der Waals surface area (Å²) in [5.74, 6) is 1.67. The number of methoxy groups -OCH3 is 1. The fourth-order valence-corrected chi connectivity index (χ4v) is 3.92. The zero-order valence-corrected chi connectivity index (χ0v) is 17.0. The third kappa shape index (κ3) is 3.62. The van der Waals surface area contributed by atoms with Gasteiger partial charge in [0.1, 0.15) is 6.61 Å². The molecule has 5 nitrogen and oxygen atoms in total. The van der Waals surface area contributed by atoms with E-state index in [4.69, 9.17) is 9.47 Å². The molecule has 0 spiro atoms. The Bertz CT molecular complexity index is 994. The van der Waals surface area contributed by atoms with Crippen molar-refractivity contribution in [3.05, 3.63) is 65.0 Å². The number of hydrogen-bond donors (Lipinski definition) is 0. The molecule has 4 rings (SSSR count). The Morgan fingerprint density at radius 2 is 2.00 bits per heavy atom. The van der Waals surface area contributed by atoms with Crippen LogP contribution in [-0.4, -0.2) is 34.9 Å². The minimum absolute atomic E-state index is 0.645. The smallest absolute Gasteiger partial charge is 0.165 e. The van der Waals surface area contributed by atoms with Gasteiger partial charge in [0.05, 0.1) is 12.8 Å². The molecule has 0 unspecified atom stereocenters. The van der Waals surface area contributed by atoms with Crippen LogP contribution in [0.15, 0.2) is 42.6 Å². The van der Waals surface area contributed by atoms with E-state index in [0.29, 0.717) is 6.61 Å². The number of hydrogen-bond acceptors (Lipinski definition) is 4. The van der Waals surface area contributed by atoms with Crippen molar-refractivity contribution < 1.29 is 9.47 Å². The molecule has 0 aliphatic carbocycles. The Balaban J connectivity index is 1.69. The van der Waals surface area contributed by atoms with Gasteiger partial charge in [0.25, 0.3) is 0 Å². The number of rotatable bonds is 4. The SMILES string of the molecule is COc1cc(-c2ccccc2C)cc2c1OCCN(Cc1cn(C)nc1C)C2. The highest BCUT2D eigenvalue weighted by Gasteiger charge is 2.21. The van der Waals surface area contributed by atoms with E-state index >= 15 is 0 Å². The van der Waals surface area contributed by atoms with E-state index in [1.165, 1.54) is 16.7 Å². The van der Waals surface area contributed by atoms with Crippen molar-refractivity contribution in [2.45, 2.75) is 26.9 Å². The van der Waals surface area contributed by atoms with Gasteiger partial charge in [-0.05, 0) is 42.7 Å². The third-order valence-corrected chi connectivity index (χ3v) is 5.36. The summed E-state index contributed by atoms with van der Waals surface area (Å²) in [5.41, 5.74) is 7.14. The molecule has 0 N–H and O–H groups in total. The van der Waals surface area contributed by atoms with E-state index < -0.39 is 0 Å². The molecule has 0 bridgehead atoms. The maximum Gasteiger partial charge on any atom is 0.165 e. The topological polar surface area (TPSA) is 39.5 Å². The molecule has 2 heterocycles. The largest absolute Gasteiger partial charge is 0.493 e. The normalized spacial score (nSPS) is 14.3. The highest BCUT2D eigenvalue weighted by atomic mass is 16.5. The second-order valence-corrected chi connectivity index (χ2v) is 7.45. The molecule has 0 atom stereocenters. The first-order chi connectivity index (χ1) is 13.5. The van der Waals surface area contributed by atoms with Gasteiger partial charge in [-0.3, -0.25) is 9.58 Å². The lowest BCUT2D eigenvalue weighted by Crippen LogP contribution is -2.25. The lowest BCUT2D eigenvalue weighted by atomic mass is 9.97. The monoisotopic (exact) mass is 377 g/mol. The molecule has 0 fully saturated rings. The van der Waals surface area contributed by atoms with Crippen molar-refractivity contribution in [3.8, 4) is 22.6 Å². The first-order valence-electron chi connectivity index (χ1n) is 9.66. The summed E-state index contributed by atoms with van der Waals surface area (Å²) in [6.45, 7) is 7.40. The standard InChI is InChI=1S/C23H27N3O2/c1-16-7-5-6-8-21(16)18-11-19-14-26(15-20-13-25(3)24-17(20)2)9-10-28-23(19)22(12-18)27-4/h5-8,11-13H,9-10,14-15H2,1-4H3. The van der Waals surface area contributed by atoms with Gasteiger partial charge < -0.3 is 9.47 Å². The van der Waals surface area contributed by atoms with Gasteiger partial charge in [-0.1, -0.05) is 24.3 Å². The van der Waals surface area contributed by atoms with Crippen LogP contribution in [-0.2, 0) is 20.1 Å². The van der Waals surface area contributed by atoms with Crippen molar-refractivity contribution in [2.75, 3.05) is 20.3 Å². The molecule has 0 saturated heterocycles. The third-order valence-electron chi connectivity index (χ3n) is 5.36. The van der Waals surface area contributed by atoms with Gasteiger partial charge in [-0.2, -0.15) is 5.10 Å². The lowest BCUT2D eigenvalue weighted by molar-refractivity contribution is 0.216. The van der Waals surface area contributed by atoms with Crippen molar-refractivity contribution in [1.29, 1.82) is 0 Å². The molecule has 5 heteroatoms. The Morgan fingerprint density at radius 1 is 1.18 bits per heavy atom. The van der Waals surface area contributed by atoms with Crippen molar-refractivity contribution in [1.82, 2.24) is 14.7 Å². The Morgan fingerprint density at radius 3 is 2.71 bits per heavy atom. The van der Waals surface area contributed by atoms with Gasteiger partial charge in [-0.15, -0.1) is 0 Å². The summed E-state index contributed by atoms with van der Waals surface area (Å²) in [6, 6.07) is 12.8. The van der Waals surface area contributed by atoms with Gasteiger partial charge in [-0.25, -0.2) is 0 Å². The Labute approximate surface area is 166 Å². The average Bonchev–Trinajstić information content (AvgIpc) is 2.87. The molecule has 1 aliphatic rings. The molecule has 146 valence electrons. The van der Waals surface area contributed by atoms with E-state index in [1.54, 1.807) is 7.11 Å². The zero-order chi connectivity index (χ0) is 19.7. The minimum Gasteiger partial charge on any atom is -0.493 e. The summed E-state index contributed by atoms with van der Waals surface area (Å²) in [7, 11) is 3.68. The van der Waals surface area contributed by atoms with Gasteiger partial charge >= 0.3 is 0 Å². The quantitative estimate of drug-likeness (QED) is 0.686. The summed E-state index contributed by atoms with van der Waals surface area (Å²) in [4.78, 5) is 2.41. The van der Waals surface area contributed by atoms with Gasteiger partial charge in [0, 0.05) is 44.0 Å². The molecular formula is C23H27N3O2. The summed E-state index contributed by atoms with van der Waals surface area (Å²) in [6.07, 6.45) is 2.10. The second-order valence-electron chi connectivity index (χ2n) is 7.45. The lowest BCUT2D eigenvalue weighted by Gasteiger charge is -2.19. The van der Waals surface area contributed by atoms with Crippen LogP contribution in [0.2, 0.25) is 0 Å². The van der Waals surface area contributed by atoms with E-state index in [0.717, 1.165) is 48.0 Å². The number of fused-ring (bicyclic) bond motifs is 1. The van der Waals surface area contributed by atoms with Crippen LogP contribution in [0.5, 0.6) is 11.5 Å². The molecule has 0 amide bonds. The fraction of sp³-hybridized carbons (Fsp3) is 0.348. The number of ether oxygens (including phenoxy) is 2. The van der Waals surface area contributed by atoms with Crippen LogP contribution in [0.4, 0.5) is 0 Å². The van der Waals surface area contributed by atoms with Crippen LogP contribution in [0.1, 0.15) is 22.4 Å². The maximum absolute atomic E-state index is 6.11. The van der Waals surface area contributed by atoms with Crippen molar-refractivity contribution in [2.24, 2.45) is 7.05 Å².